The Balaban J connectivity index is 0.00000408. The van der Waals surface area contributed by atoms with E-state index in [2.05, 4.69) is 4.90 Å². The van der Waals surface area contributed by atoms with E-state index in [-0.39, 0.29) is 41.5 Å². The third kappa shape index (κ3) is 6.66. The van der Waals surface area contributed by atoms with E-state index in [9.17, 15) is 26.4 Å². The summed E-state index contributed by atoms with van der Waals surface area (Å²) in [5.41, 5.74) is -1.32. The van der Waals surface area contributed by atoms with Gasteiger partial charge in [-0.25, -0.2) is 8.42 Å². The van der Waals surface area contributed by atoms with Gasteiger partial charge in [-0.15, -0.1) is 12.4 Å². The first-order valence-electron chi connectivity index (χ1n) is 11.6. The fraction of sp³-hybridized carbons (Fsp3) is 0.696. The summed E-state index contributed by atoms with van der Waals surface area (Å²) in [6.07, 6.45) is 1.55. The fourth-order valence-electron chi connectivity index (χ4n) is 5.21. The second-order valence-electron chi connectivity index (χ2n) is 9.08. The number of carbonyl (C=O) groups excluding carboxylic acids is 1. The minimum Gasteiger partial charge on any atom is -0.295 e. The summed E-state index contributed by atoms with van der Waals surface area (Å²) < 4.78 is 66.0. The van der Waals surface area contributed by atoms with Crippen LogP contribution < -0.4 is 0 Å². The van der Waals surface area contributed by atoms with Crippen molar-refractivity contribution in [2.24, 2.45) is 0 Å². The van der Waals surface area contributed by atoms with Crippen molar-refractivity contribution < 1.29 is 26.4 Å². The van der Waals surface area contributed by atoms with Gasteiger partial charge in [-0.1, -0.05) is 43.9 Å². The Labute approximate surface area is 211 Å². The van der Waals surface area contributed by atoms with Crippen LogP contribution in [0.25, 0.3) is 0 Å². The van der Waals surface area contributed by atoms with Gasteiger partial charge in [0.15, 0.2) is 5.78 Å². The zero-order valence-corrected chi connectivity index (χ0v) is 21.8. The molecule has 0 atom stereocenters. The monoisotopic (exact) mass is 544 g/mol. The summed E-state index contributed by atoms with van der Waals surface area (Å²) in [4.78, 5) is 15.2. The van der Waals surface area contributed by atoms with E-state index in [4.69, 9.17) is 11.6 Å². The number of nitrogens with zero attached hydrogens (tertiary/aromatic N) is 2. The van der Waals surface area contributed by atoms with Crippen LogP contribution in [0.1, 0.15) is 74.2 Å². The number of benzene rings is 1. The molecule has 1 aromatic rings. The van der Waals surface area contributed by atoms with Crippen LogP contribution in [-0.4, -0.2) is 60.9 Å². The molecular formula is C23H33Cl2F3N2O3S. The lowest BCUT2D eigenvalue weighted by Gasteiger charge is -2.50. The summed E-state index contributed by atoms with van der Waals surface area (Å²) in [7, 11) is -3.24. The van der Waals surface area contributed by atoms with Gasteiger partial charge in [-0.05, 0) is 37.8 Å². The number of hydrogen-bond donors (Lipinski definition) is 0. The minimum atomic E-state index is -4.62. The number of hydrogen-bond acceptors (Lipinski definition) is 4. The molecule has 3 rings (SSSR count). The molecule has 34 heavy (non-hydrogen) atoms. The van der Waals surface area contributed by atoms with Crippen molar-refractivity contribution >= 4 is 39.8 Å². The van der Waals surface area contributed by atoms with Gasteiger partial charge in [0.1, 0.15) is 0 Å². The van der Waals surface area contributed by atoms with Crippen LogP contribution in [0.4, 0.5) is 13.2 Å². The number of Topliss-reactive ketones (excluding diaryl/α,β-unsaturated/α-hetero) is 1. The summed E-state index contributed by atoms with van der Waals surface area (Å²) in [5, 5.41) is -0.539. The van der Waals surface area contributed by atoms with Crippen LogP contribution in [-0.2, 0) is 16.2 Å². The predicted molar refractivity (Wildman–Crippen MR) is 130 cm³/mol. The number of rotatable bonds is 8. The summed E-state index contributed by atoms with van der Waals surface area (Å²) in [6.45, 7) is 3.90. The van der Waals surface area contributed by atoms with Crippen molar-refractivity contribution in [1.82, 2.24) is 9.21 Å². The van der Waals surface area contributed by atoms with Crippen molar-refractivity contribution in [3.8, 4) is 0 Å². The zero-order valence-electron chi connectivity index (χ0n) is 19.4. The van der Waals surface area contributed by atoms with E-state index < -0.39 is 26.8 Å². The largest absolute Gasteiger partial charge is 0.417 e. The van der Waals surface area contributed by atoms with Gasteiger partial charge in [0.25, 0.3) is 0 Å². The van der Waals surface area contributed by atoms with Gasteiger partial charge in [0.05, 0.1) is 16.3 Å². The molecule has 0 amide bonds. The Morgan fingerprint density at radius 1 is 1.09 bits per heavy atom. The molecule has 1 aliphatic heterocycles. The number of halogens is 5. The molecule has 0 N–H and O–H groups in total. The molecule has 0 spiro atoms. The van der Waals surface area contributed by atoms with Crippen LogP contribution in [0.15, 0.2) is 18.2 Å². The highest BCUT2D eigenvalue weighted by atomic mass is 35.5. The maximum Gasteiger partial charge on any atom is 0.417 e. The molecule has 1 aliphatic carbocycles. The van der Waals surface area contributed by atoms with Crippen molar-refractivity contribution in [3.63, 3.8) is 0 Å². The van der Waals surface area contributed by atoms with E-state index in [1.54, 1.807) is 4.31 Å². The van der Waals surface area contributed by atoms with Crippen molar-refractivity contribution in [2.45, 2.75) is 70.0 Å². The molecule has 0 aromatic heterocycles. The Kier molecular flexibility index (Phi) is 10.3. The second kappa shape index (κ2) is 11.9. The molecule has 0 bridgehead atoms. The van der Waals surface area contributed by atoms with E-state index in [1.807, 2.05) is 6.92 Å². The molecule has 1 saturated heterocycles. The smallest absolute Gasteiger partial charge is 0.295 e. The number of sulfonamides is 1. The minimum absolute atomic E-state index is 0. The third-order valence-electron chi connectivity index (χ3n) is 6.97. The molecule has 2 fully saturated rings. The zero-order chi connectivity index (χ0) is 24.3. The molecule has 1 saturated carbocycles. The molecule has 1 aromatic carbocycles. The van der Waals surface area contributed by atoms with Crippen molar-refractivity contribution in [3.05, 3.63) is 34.3 Å². The third-order valence-corrected chi connectivity index (χ3v) is 9.45. The SMILES string of the molecule is CCCS(=O)(=O)N1CCN(C2(CCC(=O)c3cccc(C(F)(F)F)c3Cl)CCCCC2)CC1.Cl. The predicted octanol–water partition coefficient (Wildman–Crippen LogP) is 5.80. The average Bonchev–Trinajstić information content (AvgIpc) is 2.77. The Morgan fingerprint density at radius 3 is 2.26 bits per heavy atom. The molecule has 5 nitrogen and oxygen atoms in total. The number of piperazine rings is 1. The molecule has 1 heterocycles. The first-order chi connectivity index (χ1) is 15.5. The van der Waals surface area contributed by atoms with Gasteiger partial charge in [-0.3, -0.25) is 9.69 Å². The molecule has 0 radical (unpaired) electrons. The average molecular weight is 545 g/mol. The first kappa shape index (κ1) is 29.4. The van der Waals surface area contributed by atoms with Crippen molar-refractivity contribution in [1.29, 1.82) is 0 Å². The lowest BCUT2D eigenvalue weighted by molar-refractivity contribution is -0.137. The van der Waals surface area contributed by atoms with E-state index >= 15 is 0 Å². The van der Waals surface area contributed by atoms with Gasteiger partial charge < -0.3 is 0 Å². The fourth-order valence-corrected chi connectivity index (χ4v) is 7.04. The van der Waals surface area contributed by atoms with Crippen LogP contribution in [0, 0.1) is 0 Å². The Hall–Kier alpha value is -0.870. The number of alkyl halides is 3. The highest BCUT2D eigenvalue weighted by Crippen LogP contribution is 2.40. The standard InChI is InChI=1S/C23H32ClF3N2O3S.ClH/c1-2-17-33(31,32)29-15-13-28(14-16-29)22(10-4-3-5-11-22)12-9-20(30)18-7-6-8-19(21(18)24)23(25,26)27;/h6-8H,2-5,9-17H2,1H3;1H. The normalized spacial score (nSPS) is 20.0. The van der Waals surface area contributed by atoms with E-state index in [0.717, 1.165) is 38.2 Å². The van der Waals surface area contributed by atoms with Crippen LogP contribution in [0.3, 0.4) is 0 Å². The molecule has 194 valence electrons. The lowest BCUT2D eigenvalue weighted by Crippen LogP contribution is -2.58. The lowest BCUT2D eigenvalue weighted by atomic mass is 9.76. The highest BCUT2D eigenvalue weighted by molar-refractivity contribution is 7.89. The molecule has 11 heteroatoms. The summed E-state index contributed by atoms with van der Waals surface area (Å²) in [5.74, 6) is -0.245. The maximum atomic E-state index is 13.2. The van der Waals surface area contributed by atoms with E-state index in [0.29, 0.717) is 39.0 Å². The van der Waals surface area contributed by atoms with E-state index in [1.165, 1.54) is 12.1 Å². The van der Waals surface area contributed by atoms with Gasteiger partial charge in [-0.2, -0.15) is 17.5 Å². The number of carbonyl (C=O) groups is 1. The van der Waals surface area contributed by atoms with Gasteiger partial charge in [0.2, 0.25) is 10.0 Å². The highest BCUT2D eigenvalue weighted by Gasteiger charge is 2.41. The first-order valence-corrected chi connectivity index (χ1v) is 13.6. The quantitative estimate of drug-likeness (QED) is 0.388. The maximum absolute atomic E-state index is 13.2. The summed E-state index contributed by atoms with van der Waals surface area (Å²) in [6, 6.07) is 3.45. The van der Waals surface area contributed by atoms with Crippen LogP contribution in [0.5, 0.6) is 0 Å². The van der Waals surface area contributed by atoms with Gasteiger partial charge >= 0.3 is 6.18 Å². The van der Waals surface area contributed by atoms with Crippen LogP contribution >= 0.6 is 24.0 Å². The Bertz CT molecular complexity index is 943. The molecule has 2 aliphatic rings. The topological polar surface area (TPSA) is 57.7 Å². The van der Waals surface area contributed by atoms with Crippen LogP contribution in [0.2, 0.25) is 5.02 Å². The summed E-state index contributed by atoms with van der Waals surface area (Å²) >= 11 is 5.96. The molecule has 0 unspecified atom stereocenters. The Morgan fingerprint density at radius 2 is 1.71 bits per heavy atom. The van der Waals surface area contributed by atoms with Crippen molar-refractivity contribution in [2.75, 3.05) is 31.9 Å². The number of ketones is 1. The second-order valence-corrected chi connectivity index (χ2v) is 11.5. The molecular weight excluding hydrogens is 512 g/mol. The van der Waals surface area contributed by atoms with Gasteiger partial charge in [0, 0.05) is 43.7 Å².